The highest BCUT2D eigenvalue weighted by atomic mass is 32.2. The Kier molecular flexibility index (Phi) is 12.0. The van der Waals surface area contributed by atoms with Crippen LogP contribution in [0.25, 0.3) is 0 Å². The van der Waals surface area contributed by atoms with Gasteiger partial charge < -0.3 is 10.2 Å². The number of unbranched alkanes of at least 4 members (excludes halogenated alkanes) is 1. The molecule has 0 saturated heterocycles. The van der Waals surface area contributed by atoms with Gasteiger partial charge in [-0.25, -0.2) is 8.42 Å². The van der Waals surface area contributed by atoms with E-state index in [9.17, 15) is 18.0 Å². The number of nitrogens with one attached hydrogen (secondary N) is 1. The van der Waals surface area contributed by atoms with Crippen molar-refractivity contribution in [3.05, 3.63) is 101 Å². The van der Waals surface area contributed by atoms with Gasteiger partial charge in [0.15, 0.2) is 0 Å². The summed E-state index contributed by atoms with van der Waals surface area (Å²) in [5, 5.41) is 3.03. The molecule has 3 aromatic rings. The first-order chi connectivity index (χ1) is 19.6. The Labute approximate surface area is 245 Å². The number of aryl methyl sites for hydroxylation is 2. The number of nitrogens with zero attached hydrogens (tertiary/aromatic N) is 2. The van der Waals surface area contributed by atoms with Gasteiger partial charge in [-0.15, -0.1) is 0 Å². The second-order valence-electron chi connectivity index (χ2n) is 10.6. The molecule has 0 fully saturated rings. The molecule has 3 rings (SSSR count). The number of carbonyl (C=O) groups is 2. The van der Waals surface area contributed by atoms with Gasteiger partial charge in [0, 0.05) is 32.5 Å². The average Bonchev–Trinajstić information content (AvgIpc) is 2.94. The Bertz CT molecular complexity index is 1380. The quantitative estimate of drug-likeness (QED) is 0.245. The number of carbonyl (C=O) groups excluding carboxylic acids is 2. The third-order valence-corrected chi connectivity index (χ3v) is 8.21. The number of amides is 2. The van der Waals surface area contributed by atoms with Crippen LogP contribution >= 0.6 is 0 Å². The smallest absolute Gasteiger partial charge is 0.243 e. The molecule has 0 aliphatic heterocycles. The fraction of sp³-hybridized carbons (Fsp3) is 0.394. The predicted molar refractivity (Wildman–Crippen MR) is 166 cm³/mol. The van der Waals surface area contributed by atoms with E-state index in [2.05, 4.69) is 12.2 Å². The molecule has 41 heavy (non-hydrogen) atoms. The monoisotopic (exact) mass is 577 g/mol. The molecule has 2 amide bonds. The maximum atomic E-state index is 13.9. The predicted octanol–water partition coefficient (Wildman–Crippen LogP) is 5.41. The van der Waals surface area contributed by atoms with Crippen LogP contribution in [-0.2, 0) is 32.6 Å². The normalized spacial score (nSPS) is 12.0. The largest absolute Gasteiger partial charge is 0.354 e. The number of rotatable bonds is 15. The molecule has 0 heterocycles. The standard InChI is InChI=1S/C33H43N3O4S/c1-5-6-21-34-33(38)31(24-28-13-8-7-9-14-28)35(25-29-19-17-26(2)18-20-29)32(37)16-11-22-36(41(4,39)40)30-15-10-12-27(3)23-30/h7-10,12-15,17-20,23,31H,5-6,11,16,21-22,24-25H2,1-4H3,(H,34,38)/t31-/m1/s1. The van der Waals surface area contributed by atoms with Crippen LogP contribution in [0.3, 0.4) is 0 Å². The lowest BCUT2D eigenvalue weighted by Gasteiger charge is -2.32. The molecule has 0 bridgehead atoms. The summed E-state index contributed by atoms with van der Waals surface area (Å²) in [5.74, 6) is -0.366. The van der Waals surface area contributed by atoms with Crippen molar-refractivity contribution in [1.29, 1.82) is 0 Å². The number of benzene rings is 3. The third-order valence-electron chi connectivity index (χ3n) is 7.02. The van der Waals surface area contributed by atoms with Crippen LogP contribution in [0.1, 0.15) is 54.9 Å². The van der Waals surface area contributed by atoms with Crippen LogP contribution < -0.4 is 9.62 Å². The van der Waals surface area contributed by atoms with Gasteiger partial charge in [0.1, 0.15) is 6.04 Å². The second-order valence-corrected chi connectivity index (χ2v) is 12.5. The van der Waals surface area contributed by atoms with Crippen molar-refractivity contribution in [2.45, 2.75) is 65.5 Å². The van der Waals surface area contributed by atoms with Crippen LogP contribution in [0, 0.1) is 13.8 Å². The molecule has 0 aromatic heterocycles. The summed E-state index contributed by atoms with van der Waals surface area (Å²) in [4.78, 5) is 29.1. The lowest BCUT2D eigenvalue weighted by atomic mass is 10.0. The Hall–Kier alpha value is -3.65. The molecule has 3 aromatic carbocycles. The molecular formula is C33H43N3O4S. The average molecular weight is 578 g/mol. The van der Waals surface area contributed by atoms with Crippen molar-refractivity contribution in [2.24, 2.45) is 0 Å². The van der Waals surface area contributed by atoms with Gasteiger partial charge in [-0.3, -0.25) is 13.9 Å². The van der Waals surface area contributed by atoms with Gasteiger partial charge in [-0.05, 0) is 55.5 Å². The summed E-state index contributed by atoms with van der Waals surface area (Å²) in [6.45, 7) is 6.98. The topological polar surface area (TPSA) is 86.8 Å². The molecule has 0 spiro atoms. The van der Waals surface area contributed by atoms with E-state index in [0.29, 0.717) is 25.1 Å². The van der Waals surface area contributed by atoms with E-state index in [1.165, 1.54) is 10.6 Å². The maximum absolute atomic E-state index is 13.9. The van der Waals surface area contributed by atoms with Gasteiger partial charge in [0.05, 0.1) is 11.9 Å². The summed E-state index contributed by atoms with van der Waals surface area (Å²) < 4.78 is 26.6. The van der Waals surface area contributed by atoms with E-state index < -0.39 is 16.1 Å². The minimum absolute atomic E-state index is 0.108. The Morgan fingerprint density at radius 2 is 1.56 bits per heavy atom. The van der Waals surface area contributed by atoms with E-state index in [4.69, 9.17) is 0 Å². The number of hydrogen-bond acceptors (Lipinski definition) is 4. The maximum Gasteiger partial charge on any atom is 0.243 e. The molecule has 7 nitrogen and oxygen atoms in total. The zero-order valence-electron chi connectivity index (χ0n) is 24.7. The van der Waals surface area contributed by atoms with E-state index in [1.807, 2.05) is 86.6 Å². The van der Waals surface area contributed by atoms with E-state index in [-0.39, 0.29) is 31.3 Å². The second kappa shape index (κ2) is 15.4. The van der Waals surface area contributed by atoms with Gasteiger partial charge in [-0.2, -0.15) is 0 Å². The third kappa shape index (κ3) is 10.0. The summed E-state index contributed by atoms with van der Waals surface area (Å²) >= 11 is 0. The van der Waals surface area contributed by atoms with E-state index >= 15 is 0 Å². The van der Waals surface area contributed by atoms with Crippen molar-refractivity contribution in [2.75, 3.05) is 23.7 Å². The fourth-order valence-electron chi connectivity index (χ4n) is 4.74. The van der Waals surface area contributed by atoms with E-state index in [0.717, 1.165) is 35.1 Å². The molecule has 0 aliphatic rings. The zero-order valence-corrected chi connectivity index (χ0v) is 25.5. The lowest BCUT2D eigenvalue weighted by Crippen LogP contribution is -2.50. The zero-order chi connectivity index (χ0) is 29.8. The molecule has 0 saturated carbocycles. The fourth-order valence-corrected chi connectivity index (χ4v) is 5.69. The minimum Gasteiger partial charge on any atom is -0.354 e. The first-order valence-electron chi connectivity index (χ1n) is 14.3. The molecule has 0 unspecified atom stereocenters. The Morgan fingerprint density at radius 3 is 2.20 bits per heavy atom. The van der Waals surface area contributed by atoms with Crippen molar-refractivity contribution in [3.63, 3.8) is 0 Å². The van der Waals surface area contributed by atoms with Gasteiger partial charge >= 0.3 is 0 Å². The van der Waals surface area contributed by atoms with Crippen LogP contribution in [-0.4, -0.2) is 50.5 Å². The van der Waals surface area contributed by atoms with Gasteiger partial charge in [0.25, 0.3) is 0 Å². The molecule has 0 aliphatic carbocycles. The summed E-state index contributed by atoms with van der Waals surface area (Å²) in [6, 6.07) is 24.3. The van der Waals surface area contributed by atoms with Gasteiger partial charge in [0.2, 0.25) is 21.8 Å². The molecule has 220 valence electrons. The molecule has 1 atom stereocenters. The molecule has 1 N–H and O–H groups in total. The van der Waals surface area contributed by atoms with Crippen molar-refractivity contribution < 1.29 is 18.0 Å². The van der Waals surface area contributed by atoms with E-state index in [1.54, 1.807) is 11.0 Å². The summed E-state index contributed by atoms with van der Waals surface area (Å²) in [7, 11) is -3.54. The molecule has 0 radical (unpaired) electrons. The lowest BCUT2D eigenvalue weighted by molar-refractivity contribution is -0.141. The number of hydrogen-bond donors (Lipinski definition) is 1. The Morgan fingerprint density at radius 1 is 0.854 bits per heavy atom. The van der Waals surface area contributed by atoms with Crippen LogP contribution in [0.4, 0.5) is 5.69 Å². The van der Waals surface area contributed by atoms with Crippen LogP contribution in [0.2, 0.25) is 0 Å². The highest BCUT2D eigenvalue weighted by molar-refractivity contribution is 7.92. The van der Waals surface area contributed by atoms with Crippen LogP contribution in [0.5, 0.6) is 0 Å². The summed E-state index contributed by atoms with van der Waals surface area (Å²) in [5.41, 5.74) is 4.54. The van der Waals surface area contributed by atoms with Crippen molar-refractivity contribution in [1.82, 2.24) is 10.2 Å². The summed E-state index contributed by atoms with van der Waals surface area (Å²) in [6.07, 6.45) is 3.80. The number of sulfonamides is 1. The van der Waals surface area contributed by atoms with Crippen molar-refractivity contribution >= 4 is 27.5 Å². The highest BCUT2D eigenvalue weighted by Crippen LogP contribution is 2.21. The van der Waals surface area contributed by atoms with Crippen LogP contribution in [0.15, 0.2) is 78.9 Å². The minimum atomic E-state index is -3.54. The SMILES string of the molecule is CCCCNC(=O)[C@@H](Cc1ccccc1)N(Cc1ccc(C)cc1)C(=O)CCCN(c1cccc(C)c1)S(C)(=O)=O. The Balaban J connectivity index is 1.86. The van der Waals surface area contributed by atoms with Gasteiger partial charge in [-0.1, -0.05) is 85.6 Å². The first kappa shape index (κ1) is 31.9. The first-order valence-corrected chi connectivity index (χ1v) is 16.1. The number of anilines is 1. The van der Waals surface area contributed by atoms with Crippen molar-refractivity contribution in [3.8, 4) is 0 Å². The highest BCUT2D eigenvalue weighted by Gasteiger charge is 2.30. The molecular weight excluding hydrogens is 534 g/mol. The molecule has 8 heteroatoms.